The standard InChI is InChI=1S/C19H18ClN3O2S/c1-11-6-7-12(2)15(8-11)22-19-23-18(25)16(26-19)10-17(24)21-14-5-3-4-13(20)9-14/h3-9,16H,10H2,1-2H3,(H,21,24)(H,22,23,25)/t16-/m1/s1. The van der Waals surface area contributed by atoms with Gasteiger partial charge in [-0.05, 0) is 49.2 Å². The van der Waals surface area contributed by atoms with E-state index in [4.69, 9.17) is 11.6 Å². The molecule has 1 heterocycles. The lowest BCUT2D eigenvalue weighted by molar-refractivity contribution is -0.122. The summed E-state index contributed by atoms with van der Waals surface area (Å²) in [6.45, 7) is 3.96. The van der Waals surface area contributed by atoms with Gasteiger partial charge in [0.05, 0.1) is 5.69 Å². The third kappa shape index (κ3) is 4.65. The van der Waals surface area contributed by atoms with Gasteiger partial charge in [0, 0.05) is 17.1 Å². The van der Waals surface area contributed by atoms with Crippen LogP contribution in [0, 0.1) is 13.8 Å². The fourth-order valence-corrected chi connectivity index (χ4v) is 3.66. The summed E-state index contributed by atoms with van der Waals surface area (Å²) in [6.07, 6.45) is 0.0643. The van der Waals surface area contributed by atoms with E-state index in [1.165, 1.54) is 11.8 Å². The molecule has 0 aliphatic carbocycles. The van der Waals surface area contributed by atoms with Crippen LogP contribution in [-0.4, -0.2) is 22.2 Å². The second kappa shape index (κ2) is 7.93. The molecule has 1 aliphatic heterocycles. The van der Waals surface area contributed by atoms with Crippen LogP contribution in [-0.2, 0) is 9.59 Å². The highest BCUT2D eigenvalue weighted by molar-refractivity contribution is 8.15. The number of amidine groups is 1. The maximum atomic E-state index is 12.2. The minimum atomic E-state index is -0.502. The van der Waals surface area contributed by atoms with Crippen LogP contribution >= 0.6 is 23.4 Å². The van der Waals surface area contributed by atoms with E-state index in [0.29, 0.717) is 15.9 Å². The second-order valence-corrected chi connectivity index (χ2v) is 7.69. The van der Waals surface area contributed by atoms with Crippen molar-refractivity contribution in [1.82, 2.24) is 5.32 Å². The predicted octanol–water partition coefficient (Wildman–Crippen LogP) is 4.20. The van der Waals surface area contributed by atoms with Crippen molar-refractivity contribution >= 4 is 51.7 Å². The van der Waals surface area contributed by atoms with Crippen LogP contribution in [0.3, 0.4) is 0 Å². The molecule has 134 valence electrons. The molecule has 0 unspecified atom stereocenters. The molecular weight excluding hydrogens is 370 g/mol. The zero-order valence-electron chi connectivity index (χ0n) is 14.4. The van der Waals surface area contributed by atoms with E-state index >= 15 is 0 Å². The lowest BCUT2D eigenvalue weighted by Crippen LogP contribution is -2.28. The van der Waals surface area contributed by atoms with Crippen molar-refractivity contribution in [3.63, 3.8) is 0 Å². The quantitative estimate of drug-likeness (QED) is 0.825. The third-order valence-electron chi connectivity index (χ3n) is 3.84. The van der Waals surface area contributed by atoms with Crippen molar-refractivity contribution in [2.45, 2.75) is 25.5 Å². The number of carbonyl (C=O) groups is 2. The van der Waals surface area contributed by atoms with Crippen molar-refractivity contribution in [2.75, 3.05) is 5.32 Å². The number of thioether (sulfide) groups is 1. The van der Waals surface area contributed by atoms with E-state index in [1.54, 1.807) is 24.3 Å². The maximum Gasteiger partial charge on any atom is 0.240 e. The highest BCUT2D eigenvalue weighted by Crippen LogP contribution is 2.27. The average molecular weight is 388 g/mol. The molecule has 2 aromatic carbocycles. The van der Waals surface area contributed by atoms with Gasteiger partial charge < -0.3 is 10.6 Å². The summed E-state index contributed by atoms with van der Waals surface area (Å²) in [4.78, 5) is 28.9. The van der Waals surface area contributed by atoms with Gasteiger partial charge in [-0.1, -0.05) is 41.6 Å². The van der Waals surface area contributed by atoms with Gasteiger partial charge in [0.2, 0.25) is 11.8 Å². The Hall–Kier alpha value is -2.31. The number of nitrogens with zero attached hydrogens (tertiary/aromatic N) is 1. The molecule has 2 aromatic rings. The molecule has 7 heteroatoms. The highest BCUT2D eigenvalue weighted by atomic mass is 35.5. The summed E-state index contributed by atoms with van der Waals surface area (Å²) >= 11 is 7.18. The Bertz CT molecular complexity index is 898. The third-order valence-corrected chi connectivity index (χ3v) is 5.16. The van der Waals surface area contributed by atoms with Crippen LogP contribution in [0.25, 0.3) is 0 Å². The first-order valence-corrected chi connectivity index (χ1v) is 9.35. The van der Waals surface area contributed by atoms with Crippen molar-refractivity contribution in [3.8, 4) is 0 Å². The lowest BCUT2D eigenvalue weighted by Gasteiger charge is -2.07. The van der Waals surface area contributed by atoms with E-state index in [0.717, 1.165) is 16.8 Å². The van der Waals surface area contributed by atoms with Gasteiger partial charge in [0.25, 0.3) is 0 Å². The van der Waals surface area contributed by atoms with Gasteiger partial charge >= 0.3 is 0 Å². The Morgan fingerprint density at radius 1 is 1.27 bits per heavy atom. The van der Waals surface area contributed by atoms with E-state index in [2.05, 4.69) is 15.6 Å². The molecule has 1 saturated heterocycles. The minimum Gasteiger partial charge on any atom is -0.326 e. The molecule has 0 saturated carbocycles. The van der Waals surface area contributed by atoms with E-state index in [9.17, 15) is 9.59 Å². The number of aryl methyl sites for hydroxylation is 2. The molecule has 1 atom stereocenters. The Balaban J connectivity index is 1.65. The van der Waals surface area contributed by atoms with Gasteiger partial charge in [-0.3, -0.25) is 9.59 Å². The summed E-state index contributed by atoms with van der Waals surface area (Å²) in [6, 6.07) is 12.9. The molecule has 1 fully saturated rings. The predicted molar refractivity (Wildman–Crippen MR) is 107 cm³/mol. The first kappa shape index (κ1) is 18.5. The zero-order chi connectivity index (χ0) is 18.7. The van der Waals surface area contributed by atoms with Crippen molar-refractivity contribution in [3.05, 3.63) is 58.6 Å². The van der Waals surface area contributed by atoms with Crippen molar-refractivity contribution in [1.29, 1.82) is 0 Å². The molecule has 5 nitrogen and oxygen atoms in total. The Morgan fingerprint density at radius 2 is 2.08 bits per heavy atom. The number of hydrogen-bond donors (Lipinski definition) is 2. The molecule has 2 N–H and O–H groups in total. The van der Waals surface area contributed by atoms with Gasteiger partial charge in [-0.2, -0.15) is 0 Å². The number of hydrogen-bond acceptors (Lipinski definition) is 4. The zero-order valence-corrected chi connectivity index (χ0v) is 15.9. The minimum absolute atomic E-state index is 0.0643. The van der Waals surface area contributed by atoms with Crippen LogP contribution in [0.2, 0.25) is 5.02 Å². The van der Waals surface area contributed by atoms with Crippen molar-refractivity contribution < 1.29 is 9.59 Å². The monoisotopic (exact) mass is 387 g/mol. The van der Waals surface area contributed by atoms with Crippen LogP contribution in [0.4, 0.5) is 11.4 Å². The maximum absolute atomic E-state index is 12.2. The van der Waals surface area contributed by atoms with Crippen LogP contribution in [0.1, 0.15) is 17.5 Å². The number of amides is 2. The molecule has 0 bridgehead atoms. The molecule has 0 spiro atoms. The van der Waals surface area contributed by atoms with E-state index < -0.39 is 5.25 Å². The molecule has 3 rings (SSSR count). The van der Waals surface area contributed by atoms with Crippen LogP contribution < -0.4 is 10.6 Å². The largest absolute Gasteiger partial charge is 0.326 e. The fourth-order valence-electron chi connectivity index (χ4n) is 2.49. The van der Waals surface area contributed by atoms with E-state index in [1.807, 2.05) is 32.0 Å². The molecule has 2 amide bonds. The normalized spacial score (nSPS) is 18.0. The lowest BCUT2D eigenvalue weighted by atomic mass is 10.1. The SMILES string of the molecule is Cc1ccc(C)c(N=C2NC(=O)[C@@H](CC(=O)Nc3cccc(Cl)c3)S2)c1. The number of benzene rings is 2. The molecule has 1 aliphatic rings. The smallest absolute Gasteiger partial charge is 0.240 e. The van der Waals surface area contributed by atoms with Gasteiger partial charge in [0.15, 0.2) is 5.17 Å². The Kier molecular flexibility index (Phi) is 5.64. The second-order valence-electron chi connectivity index (χ2n) is 6.07. The number of rotatable bonds is 4. The van der Waals surface area contributed by atoms with E-state index in [-0.39, 0.29) is 18.2 Å². The van der Waals surface area contributed by atoms with Gasteiger partial charge in [-0.15, -0.1) is 0 Å². The number of carbonyl (C=O) groups excluding carboxylic acids is 2. The summed E-state index contributed by atoms with van der Waals surface area (Å²) in [5.41, 5.74) is 3.55. The summed E-state index contributed by atoms with van der Waals surface area (Å²) in [7, 11) is 0. The first-order chi connectivity index (χ1) is 12.4. The molecular formula is C19H18ClN3O2S. The number of nitrogens with one attached hydrogen (secondary N) is 2. The molecule has 0 aromatic heterocycles. The molecule has 26 heavy (non-hydrogen) atoms. The summed E-state index contributed by atoms with van der Waals surface area (Å²) in [5.74, 6) is -0.451. The summed E-state index contributed by atoms with van der Waals surface area (Å²) < 4.78 is 0. The number of anilines is 1. The summed E-state index contributed by atoms with van der Waals surface area (Å²) in [5, 5.41) is 6.06. The topological polar surface area (TPSA) is 70.6 Å². The molecule has 0 radical (unpaired) electrons. The van der Waals surface area contributed by atoms with Crippen LogP contribution in [0.5, 0.6) is 0 Å². The Labute approximate surface area is 161 Å². The average Bonchev–Trinajstić information content (AvgIpc) is 2.90. The van der Waals surface area contributed by atoms with Crippen LogP contribution in [0.15, 0.2) is 47.5 Å². The van der Waals surface area contributed by atoms with Crippen molar-refractivity contribution in [2.24, 2.45) is 4.99 Å². The number of halogens is 1. The Morgan fingerprint density at radius 3 is 2.85 bits per heavy atom. The first-order valence-electron chi connectivity index (χ1n) is 8.09. The number of aliphatic imine (C=N–C) groups is 1. The van der Waals surface area contributed by atoms with Gasteiger partial charge in [0.1, 0.15) is 5.25 Å². The fraction of sp³-hybridized carbons (Fsp3) is 0.211. The van der Waals surface area contributed by atoms with Gasteiger partial charge in [-0.25, -0.2) is 4.99 Å². The highest BCUT2D eigenvalue weighted by Gasteiger charge is 2.32.